The van der Waals surface area contributed by atoms with Crippen LogP contribution < -0.4 is 5.32 Å². The molecule has 0 saturated heterocycles. The first-order chi connectivity index (χ1) is 8.67. The molecule has 0 bridgehead atoms. The molecule has 0 aromatic heterocycles. The van der Waals surface area contributed by atoms with E-state index in [0.29, 0.717) is 0 Å². The summed E-state index contributed by atoms with van der Waals surface area (Å²) in [6, 6.07) is 0.783. The minimum absolute atomic E-state index is 0.783. The van der Waals surface area contributed by atoms with Crippen molar-refractivity contribution in [2.24, 2.45) is 5.92 Å². The molecule has 18 heavy (non-hydrogen) atoms. The fourth-order valence-corrected chi connectivity index (χ4v) is 3.15. The Kier molecular flexibility index (Phi) is 7.87. The lowest BCUT2D eigenvalue weighted by Crippen LogP contribution is -2.33. The van der Waals surface area contributed by atoms with E-state index in [-0.39, 0.29) is 0 Å². The second-order valence-corrected chi connectivity index (χ2v) is 5.97. The molecule has 3 nitrogen and oxygen atoms in total. The molecule has 0 aromatic rings. The van der Waals surface area contributed by atoms with E-state index in [0.717, 1.165) is 12.0 Å². The number of rotatable bonds is 9. The van der Waals surface area contributed by atoms with Crippen LogP contribution in [0.25, 0.3) is 0 Å². The zero-order valence-corrected chi connectivity index (χ0v) is 12.9. The topological polar surface area (TPSA) is 18.5 Å². The molecule has 3 heteroatoms. The Morgan fingerprint density at radius 3 is 2.50 bits per heavy atom. The molecule has 1 aliphatic carbocycles. The summed E-state index contributed by atoms with van der Waals surface area (Å²) >= 11 is 0. The van der Waals surface area contributed by atoms with Crippen molar-refractivity contribution in [1.29, 1.82) is 0 Å². The van der Waals surface area contributed by atoms with Crippen LogP contribution in [0.4, 0.5) is 0 Å². The predicted molar refractivity (Wildman–Crippen MR) is 80.1 cm³/mol. The molecule has 0 aromatic carbocycles. The number of nitrogens with zero attached hydrogens (tertiary/aromatic N) is 2. The second kappa shape index (κ2) is 8.89. The van der Waals surface area contributed by atoms with E-state index in [1.807, 2.05) is 0 Å². The van der Waals surface area contributed by atoms with Gasteiger partial charge in [0.2, 0.25) is 0 Å². The average molecular weight is 255 g/mol. The van der Waals surface area contributed by atoms with Gasteiger partial charge >= 0.3 is 0 Å². The van der Waals surface area contributed by atoms with E-state index >= 15 is 0 Å². The molecule has 1 rings (SSSR count). The van der Waals surface area contributed by atoms with Crippen LogP contribution in [-0.2, 0) is 0 Å². The summed E-state index contributed by atoms with van der Waals surface area (Å²) in [6.07, 6.45) is 6.90. The van der Waals surface area contributed by atoms with Crippen LogP contribution in [-0.4, -0.2) is 63.2 Å². The lowest BCUT2D eigenvalue weighted by atomic mass is 9.99. The van der Waals surface area contributed by atoms with Crippen LogP contribution in [0.15, 0.2) is 0 Å². The van der Waals surface area contributed by atoms with E-state index in [4.69, 9.17) is 0 Å². The SMILES string of the molecule is CCN(CCCN(C)C)CCC1CCCC1NC. The predicted octanol–water partition coefficient (Wildman–Crippen LogP) is 2.04. The highest BCUT2D eigenvalue weighted by Gasteiger charge is 2.25. The Morgan fingerprint density at radius 1 is 1.11 bits per heavy atom. The maximum absolute atomic E-state index is 3.49. The third-order valence-corrected chi connectivity index (χ3v) is 4.37. The number of hydrogen-bond acceptors (Lipinski definition) is 3. The van der Waals surface area contributed by atoms with Crippen LogP contribution in [0.5, 0.6) is 0 Å². The maximum atomic E-state index is 3.49. The molecule has 0 aliphatic heterocycles. The first-order valence-corrected chi connectivity index (χ1v) is 7.71. The molecule has 108 valence electrons. The fraction of sp³-hybridized carbons (Fsp3) is 1.00. The molecule has 0 amide bonds. The molecular weight excluding hydrogens is 222 g/mol. The van der Waals surface area contributed by atoms with Crippen LogP contribution in [0.2, 0.25) is 0 Å². The minimum Gasteiger partial charge on any atom is -0.317 e. The van der Waals surface area contributed by atoms with Gasteiger partial charge in [-0.25, -0.2) is 0 Å². The molecule has 0 radical (unpaired) electrons. The van der Waals surface area contributed by atoms with Gasteiger partial charge in [-0.2, -0.15) is 0 Å². The van der Waals surface area contributed by atoms with E-state index in [2.05, 4.69) is 43.2 Å². The van der Waals surface area contributed by atoms with Crippen LogP contribution in [0.1, 0.15) is 39.0 Å². The number of nitrogens with one attached hydrogen (secondary N) is 1. The monoisotopic (exact) mass is 255 g/mol. The van der Waals surface area contributed by atoms with Gasteiger partial charge in [0.15, 0.2) is 0 Å². The summed E-state index contributed by atoms with van der Waals surface area (Å²) in [5.74, 6) is 0.915. The highest BCUT2D eigenvalue weighted by atomic mass is 15.1. The smallest absolute Gasteiger partial charge is 0.00928 e. The van der Waals surface area contributed by atoms with Crippen LogP contribution in [0, 0.1) is 5.92 Å². The van der Waals surface area contributed by atoms with E-state index in [9.17, 15) is 0 Å². The summed E-state index contributed by atoms with van der Waals surface area (Å²) in [6.45, 7) is 7.24. The van der Waals surface area contributed by atoms with Gasteiger partial charge in [-0.3, -0.25) is 0 Å². The van der Waals surface area contributed by atoms with Gasteiger partial charge < -0.3 is 15.1 Å². The first-order valence-electron chi connectivity index (χ1n) is 7.71. The molecule has 0 heterocycles. The average Bonchev–Trinajstić information content (AvgIpc) is 2.80. The Morgan fingerprint density at radius 2 is 1.89 bits per heavy atom. The van der Waals surface area contributed by atoms with Crippen molar-refractivity contribution in [3.05, 3.63) is 0 Å². The Hall–Kier alpha value is -0.120. The quantitative estimate of drug-likeness (QED) is 0.680. The largest absolute Gasteiger partial charge is 0.317 e. The van der Waals surface area contributed by atoms with Gasteiger partial charge in [-0.05, 0) is 78.9 Å². The molecule has 1 fully saturated rings. The lowest BCUT2D eigenvalue weighted by Gasteiger charge is -2.25. The zero-order valence-electron chi connectivity index (χ0n) is 12.9. The number of hydrogen-bond donors (Lipinski definition) is 1. The van der Waals surface area contributed by atoms with Gasteiger partial charge in [0.25, 0.3) is 0 Å². The van der Waals surface area contributed by atoms with Crippen molar-refractivity contribution in [3.63, 3.8) is 0 Å². The Balaban J connectivity index is 2.18. The normalized spacial score (nSPS) is 24.3. The minimum atomic E-state index is 0.783. The zero-order chi connectivity index (χ0) is 13.4. The third kappa shape index (κ3) is 5.68. The molecule has 2 unspecified atom stereocenters. The van der Waals surface area contributed by atoms with Crippen LogP contribution in [0.3, 0.4) is 0 Å². The van der Waals surface area contributed by atoms with Gasteiger partial charge in [0, 0.05) is 6.04 Å². The molecular formula is C15H33N3. The van der Waals surface area contributed by atoms with Crippen molar-refractivity contribution in [1.82, 2.24) is 15.1 Å². The third-order valence-electron chi connectivity index (χ3n) is 4.37. The lowest BCUT2D eigenvalue weighted by molar-refractivity contribution is 0.239. The van der Waals surface area contributed by atoms with Gasteiger partial charge in [-0.15, -0.1) is 0 Å². The molecule has 1 saturated carbocycles. The van der Waals surface area contributed by atoms with Crippen molar-refractivity contribution in [2.75, 3.05) is 47.3 Å². The van der Waals surface area contributed by atoms with E-state index in [1.165, 1.54) is 58.3 Å². The highest BCUT2D eigenvalue weighted by molar-refractivity contribution is 4.82. The van der Waals surface area contributed by atoms with Gasteiger partial charge in [0.05, 0.1) is 0 Å². The summed E-state index contributed by atoms with van der Waals surface area (Å²) in [5.41, 5.74) is 0. The summed E-state index contributed by atoms with van der Waals surface area (Å²) in [5, 5.41) is 3.49. The first kappa shape index (κ1) is 15.9. The molecule has 1 aliphatic rings. The summed E-state index contributed by atoms with van der Waals surface area (Å²) in [4.78, 5) is 4.90. The van der Waals surface area contributed by atoms with E-state index < -0.39 is 0 Å². The van der Waals surface area contributed by atoms with Crippen molar-refractivity contribution >= 4 is 0 Å². The molecule has 2 atom stereocenters. The van der Waals surface area contributed by atoms with Crippen molar-refractivity contribution in [2.45, 2.75) is 45.1 Å². The van der Waals surface area contributed by atoms with Crippen molar-refractivity contribution < 1.29 is 0 Å². The summed E-state index contributed by atoms with van der Waals surface area (Å²) in [7, 11) is 6.44. The Labute approximate surface area is 114 Å². The molecule has 1 N–H and O–H groups in total. The Bertz CT molecular complexity index is 206. The van der Waals surface area contributed by atoms with Gasteiger partial charge in [0.1, 0.15) is 0 Å². The second-order valence-electron chi connectivity index (χ2n) is 5.97. The molecule has 0 spiro atoms. The fourth-order valence-electron chi connectivity index (χ4n) is 3.15. The highest BCUT2D eigenvalue weighted by Crippen LogP contribution is 2.28. The van der Waals surface area contributed by atoms with Crippen molar-refractivity contribution in [3.8, 4) is 0 Å². The van der Waals surface area contributed by atoms with Gasteiger partial charge in [-0.1, -0.05) is 13.3 Å². The standard InChI is InChI=1S/C15H33N3/c1-5-18(12-7-11-17(3)4)13-10-14-8-6-9-15(14)16-2/h14-16H,5-13H2,1-4H3. The summed E-state index contributed by atoms with van der Waals surface area (Å²) < 4.78 is 0. The maximum Gasteiger partial charge on any atom is 0.00928 e. The van der Waals surface area contributed by atoms with Crippen LogP contribution >= 0.6 is 0 Å². The van der Waals surface area contributed by atoms with E-state index in [1.54, 1.807) is 0 Å².